The summed E-state index contributed by atoms with van der Waals surface area (Å²) >= 11 is 11.2. The number of benzene rings is 1. The predicted molar refractivity (Wildman–Crippen MR) is 80.1 cm³/mol. The first-order valence-corrected chi connectivity index (χ1v) is 7.68. The Kier molecular flexibility index (Phi) is 5.12. The zero-order chi connectivity index (χ0) is 13.0. The molecule has 3 nitrogen and oxygen atoms in total. The lowest BCUT2D eigenvalue weighted by atomic mass is 10.2. The van der Waals surface area contributed by atoms with Crippen LogP contribution in [0.2, 0.25) is 5.02 Å². The van der Waals surface area contributed by atoms with Crippen LogP contribution in [0.3, 0.4) is 0 Å². The smallest absolute Gasteiger partial charge is 0.149 e. The van der Waals surface area contributed by atoms with E-state index in [0.29, 0.717) is 5.02 Å². The molecule has 0 spiro atoms. The van der Waals surface area contributed by atoms with Gasteiger partial charge in [-0.1, -0.05) is 42.0 Å². The number of nitrogens with zero attached hydrogens (tertiary/aromatic N) is 2. The summed E-state index contributed by atoms with van der Waals surface area (Å²) in [5.41, 5.74) is 0.922. The largest absolute Gasteiger partial charge is 0.310 e. The quantitative estimate of drug-likeness (QED) is 0.828. The fraction of sp³-hybridized carbons (Fsp3) is 0.333. The highest BCUT2D eigenvalue weighted by molar-refractivity contribution is 9.10. The maximum atomic E-state index is 6.24. The third kappa shape index (κ3) is 3.29. The van der Waals surface area contributed by atoms with E-state index in [1.54, 1.807) is 11.3 Å². The first-order valence-electron chi connectivity index (χ1n) is 5.70. The van der Waals surface area contributed by atoms with E-state index in [4.69, 9.17) is 11.6 Å². The van der Waals surface area contributed by atoms with E-state index in [-0.39, 0.29) is 0 Å². The highest BCUT2D eigenvalue weighted by Gasteiger charge is 2.11. The van der Waals surface area contributed by atoms with Gasteiger partial charge in [-0.2, -0.15) is 0 Å². The Balaban J connectivity index is 2.16. The Morgan fingerprint density at radius 1 is 1.39 bits per heavy atom. The summed E-state index contributed by atoms with van der Waals surface area (Å²) in [5, 5.41) is 14.2. The van der Waals surface area contributed by atoms with Crippen LogP contribution in [-0.2, 0) is 6.54 Å². The van der Waals surface area contributed by atoms with Gasteiger partial charge in [0.25, 0.3) is 0 Å². The zero-order valence-electron chi connectivity index (χ0n) is 9.91. The van der Waals surface area contributed by atoms with Gasteiger partial charge in [0.15, 0.2) is 0 Å². The van der Waals surface area contributed by atoms with Gasteiger partial charge in [-0.05, 0) is 35.0 Å². The van der Waals surface area contributed by atoms with Gasteiger partial charge < -0.3 is 5.32 Å². The number of nitrogens with one attached hydrogen (secondary N) is 1. The van der Waals surface area contributed by atoms with Crippen LogP contribution < -0.4 is 5.32 Å². The molecular weight excluding hydrogens is 334 g/mol. The molecule has 18 heavy (non-hydrogen) atoms. The second-order valence-electron chi connectivity index (χ2n) is 3.78. The molecule has 2 aromatic rings. The molecule has 0 radical (unpaired) electrons. The summed E-state index contributed by atoms with van der Waals surface area (Å²) in [6.07, 6.45) is 1.11. The minimum absolute atomic E-state index is 0.682. The lowest BCUT2D eigenvalue weighted by Gasteiger charge is -2.01. The molecule has 96 valence electrons. The maximum Gasteiger partial charge on any atom is 0.149 e. The maximum absolute atomic E-state index is 6.24. The monoisotopic (exact) mass is 345 g/mol. The van der Waals surface area contributed by atoms with E-state index >= 15 is 0 Å². The molecule has 0 saturated heterocycles. The summed E-state index contributed by atoms with van der Waals surface area (Å²) in [7, 11) is 0. The molecule has 1 N–H and O–H groups in total. The van der Waals surface area contributed by atoms with Gasteiger partial charge >= 0.3 is 0 Å². The highest BCUT2D eigenvalue weighted by Crippen LogP contribution is 2.34. The molecule has 0 saturated carbocycles. The average molecular weight is 347 g/mol. The fourth-order valence-corrected chi connectivity index (χ4v) is 2.95. The number of hydrogen-bond donors (Lipinski definition) is 1. The second-order valence-corrected chi connectivity index (χ2v) is 6.07. The summed E-state index contributed by atoms with van der Waals surface area (Å²) in [6.45, 7) is 3.89. The number of hydrogen-bond acceptors (Lipinski definition) is 4. The standard InChI is InChI=1S/C12H13BrClN3S/c1-2-6-15-7-10-16-17-12(18-10)8-4-3-5-9(13)11(8)14/h3-5,15H,2,6-7H2,1H3. The second kappa shape index (κ2) is 6.61. The molecule has 1 aromatic carbocycles. The molecule has 6 heteroatoms. The SMILES string of the molecule is CCCNCc1nnc(-c2cccc(Br)c2Cl)s1. The van der Waals surface area contributed by atoms with Crippen molar-refractivity contribution in [3.63, 3.8) is 0 Å². The van der Waals surface area contributed by atoms with Crippen molar-refractivity contribution < 1.29 is 0 Å². The van der Waals surface area contributed by atoms with Crippen molar-refractivity contribution in [3.05, 3.63) is 32.7 Å². The molecule has 2 rings (SSSR count). The van der Waals surface area contributed by atoms with E-state index in [1.807, 2.05) is 18.2 Å². The Morgan fingerprint density at radius 2 is 2.22 bits per heavy atom. The van der Waals surface area contributed by atoms with Crippen LogP contribution in [0, 0.1) is 0 Å². The number of halogens is 2. The molecule has 1 heterocycles. The summed E-state index contributed by atoms with van der Waals surface area (Å²) in [4.78, 5) is 0. The van der Waals surface area contributed by atoms with Crippen LogP contribution in [0.4, 0.5) is 0 Å². The minimum atomic E-state index is 0.682. The summed E-state index contributed by atoms with van der Waals surface area (Å²) in [5.74, 6) is 0. The van der Waals surface area contributed by atoms with Crippen molar-refractivity contribution in [2.75, 3.05) is 6.54 Å². The lowest BCUT2D eigenvalue weighted by molar-refractivity contribution is 0.668. The Labute approximate surface area is 124 Å². The zero-order valence-corrected chi connectivity index (χ0v) is 13.1. The van der Waals surface area contributed by atoms with Gasteiger partial charge in [-0.25, -0.2) is 0 Å². The topological polar surface area (TPSA) is 37.8 Å². The van der Waals surface area contributed by atoms with Gasteiger partial charge in [-0.3, -0.25) is 0 Å². The summed E-state index contributed by atoms with van der Waals surface area (Å²) < 4.78 is 0.877. The van der Waals surface area contributed by atoms with E-state index in [9.17, 15) is 0 Å². The highest BCUT2D eigenvalue weighted by atomic mass is 79.9. The van der Waals surface area contributed by atoms with E-state index in [2.05, 4.69) is 38.4 Å². The van der Waals surface area contributed by atoms with Crippen LogP contribution in [-0.4, -0.2) is 16.7 Å². The van der Waals surface area contributed by atoms with E-state index in [0.717, 1.165) is 39.6 Å². The first-order chi connectivity index (χ1) is 8.72. The molecule has 0 aliphatic carbocycles. The molecule has 0 amide bonds. The molecule has 0 aliphatic rings. The van der Waals surface area contributed by atoms with Crippen molar-refractivity contribution in [1.29, 1.82) is 0 Å². The van der Waals surface area contributed by atoms with Crippen molar-refractivity contribution in [2.24, 2.45) is 0 Å². The average Bonchev–Trinajstić information content (AvgIpc) is 2.82. The van der Waals surface area contributed by atoms with Gasteiger partial charge in [0.05, 0.1) is 5.02 Å². The van der Waals surface area contributed by atoms with Crippen molar-refractivity contribution in [2.45, 2.75) is 19.9 Å². The Bertz CT molecular complexity index is 530. The Morgan fingerprint density at radius 3 is 3.00 bits per heavy atom. The third-order valence-corrected chi connectivity index (χ3v) is 4.60. The van der Waals surface area contributed by atoms with E-state index < -0.39 is 0 Å². The lowest BCUT2D eigenvalue weighted by Crippen LogP contribution is -2.13. The van der Waals surface area contributed by atoms with Crippen molar-refractivity contribution >= 4 is 38.9 Å². The third-order valence-electron chi connectivity index (χ3n) is 2.35. The van der Waals surface area contributed by atoms with E-state index in [1.165, 1.54) is 0 Å². The minimum Gasteiger partial charge on any atom is -0.310 e. The van der Waals surface area contributed by atoms with Gasteiger partial charge in [0.1, 0.15) is 10.0 Å². The molecule has 0 atom stereocenters. The molecular formula is C12H13BrClN3S. The molecule has 0 fully saturated rings. The Hall–Kier alpha value is -0.490. The van der Waals surface area contributed by atoms with Crippen LogP contribution in [0.25, 0.3) is 10.6 Å². The number of aromatic nitrogens is 2. The molecule has 0 aliphatic heterocycles. The van der Waals surface area contributed by atoms with Crippen molar-refractivity contribution in [3.8, 4) is 10.6 Å². The van der Waals surface area contributed by atoms with Crippen molar-refractivity contribution in [1.82, 2.24) is 15.5 Å². The normalized spacial score (nSPS) is 10.8. The first kappa shape index (κ1) is 13.9. The fourth-order valence-electron chi connectivity index (χ4n) is 1.47. The van der Waals surface area contributed by atoms with Crippen LogP contribution in [0.1, 0.15) is 18.4 Å². The predicted octanol–water partition coefficient (Wildman–Crippen LogP) is 4.12. The van der Waals surface area contributed by atoms with Crippen LogP contribution in [0.5, 0.6) is 0 Å². The molecule has 1 aromatic heterocycles. The summed E-state index contributed by atoms with van der Waals surface area (Å²) in [6, 6.07) is 5.81. The van der Waals surface area contributed by atoms with Gasteiger partial charge in [-0.15, -0.1) is 10.2 Å². The molecule has 0 bridgehead atoms. The van der Waals surface area contributed by atoms with Gasteiger partial charge in [0, 0.05) is 16.6 Å². The van der Waals surface area contributed by atoms with Crippen LogP contribution in [0.15, 0.2) is 22.7 Å². The number of rotatable bonds is 5. The van der Waals surface area contributed by atoms with Crippen LogP contribution >= 0.6 is 38.9 Å². The molecule has 0 unspecified atom stereocenters. The van der Waals surface area contributed by atoms with Gasteiger partial charge in [0.2, 0.25) is 0 Å².